The highest BCUT2D eigenvalue weighted by atomic mass is 31.1. The first-order valence-corrected chi connectivity index (χ1v) is 7.07. The summed E-state index contributed by atoms with van der Waals surface area (Å²) in [6.07, 6.45) is 0.412. The zero-order valence-corrected chi connectivity index (χ0v) is 7.52. The molecule has 4 heteroatoms. The van der Waals surface area contributed by atoms with Gasteiger partial charge in [0.05, 0.1) is 0 Å². The molecule has 0 aromatic rings. The van der Waals surface area contributed by atoms with Gasteiger partial charge in [-0.25, -0.2) is 0 Å². The highest BCUT2D eigenvalue weighted by Gasteiger charge is 2.14. The summed E-state index contributed by atoms with van der Waals surface area (Å²) in [7, 11) is -1.68. The molecule has 0 saturated heterocycles. The van der Waals surface area contributed by atoms with E-state index < -0.39 is 8.32 Å². The van der Waals surface area contributed by atoms with Gasteiger partial charge >= 0.3 is 8.46 Å². The van der Waals surface area contributed by atoms with Crippen LogP contribution in [0.1, 0.15) is 0 Å². The lowest BCUT2D eigenvalue weighted by Gasteiger charge is -2.10. The molecule has 0 aliphatic rings. The third-order valence-corrected chi connectivity index (χ3v) is 2.13. The summed E-state index contributed by atoms with van der Waals surface area (Å²) in [5.41, 5.74) is 0. The molecule has 0 N–H and O–H groups in total. The van der Waals surface area contributed by atoms with Gasteiger partial charge in [-0.05, 0) is 19.6 Å². The van der Waals surface area contributed by atoms with Crippen molar-refractivity contribution in [1.82, 2.24) is 0 Å². The van der Waals surface area contributed by atoms with E-state index >= 15 is 0 Å². The van der Waals surface area contributed by atoms with E-state index in [0.29, 0.717) is 6.35 Å². The molecule has 0 aliphatic heterocycles. The predicted molar refractivity (Wildman–Crippen MR) is 38.3 cm³/mol. The maximum atomic E-state index is 9.90. The van der Waals surface area contributed by atoms with Crippen LogP contribution in [0.3, 0.4) is 0 Å². The summed E-state index contributed by atoms with van der Waals surface area (Å²) in [6.45, 7) is 6.23. The first-order chi connectivity index (χ1) is 3.56. The molecular formula is C4H12O2PSi+. The molecular weight excluding hydrogens is 139 g/mol. The van der Waals surface area contributed by atoms with Crippen LogP contribution in [0.5, 0.6) is 0 Å². The number of hydrogen-bond acceptors (Lipinski definition) is 2. The maximum absolute atomic E-state index is 9.90. The zero-order valence-electron chi connectivity index (χ0n) is 5.52. The second-order valence-electron chi connectivity index (χ2n) is 2.55. The van der Waals surface area contributed by atoms with Crippen molar-refractivity contribution in [1.29, 1.82) is 0 Å². The molecule has 0 fully saturated rings. The Morgan fingerprint density at radius 3 is 2.12 bits per heavy atom. The van der Waals surface area contributed by atoms with Crippen molar-refractivity contribution in [3.63, 3.8) is 0 Å². The van der Waals surface area contributed by atoms with Crippen LogP contribution in [0.4, 0.5) is 0 Å². The van der Waals surface area contributed by atoms with E-state index in [1.54, 1.807) is 0 Å². The van der Waals surface area contributed by atoms with E-state index in [2.05, 4.69) is 19.6 Å². The van der Waals surface area contributed by atoms with Crippen molar-refractivity contribution in [3.8, 4) is 0 Å². The van der Waals surface area contributed by atoms with Gasteiger partial charge in [0, 0.05) is 0 Å². The molecule has 0 radical (unpaired) electrons. The smallest absolute Gasteiger partial charge is 0.352 e. The van der Waals surface area contributed by atoms with Crippen molar-refractivity contribution in [2.24, 2.45) is 0 Å². The van der Waals surface area contributed by atoms with Crippen molar-refractivity contribution < 1.29 is 8.99 Å². The summed E-state index contributed by atoms with van der Waals surface area (Å²) in [5.74, 6) is 0. The van der Waals surface area contributed by atoms with E-state index in [1.165, 1.54) is 0 Å². The molecule has 0 amide bonds. The van der Waals surface area contributed by atoms with Crippen LogP contribution < -0.4 is 0 Å². The summed E-state index contributed by atoms with van der Waals surface area (Å²) < 4.78 is 15.1. The monoisotopic (exact) mass is 151 g/mol. The molecule has 0 saturated carbocycles. The summed E-state index contributed by atoms with van der Waals surface area (Å²) in [6, 6.07) is 0. The van der Waals surface area contributed by atoms with Gasteiger partial charge in [0.1, 0.15) is 0 Å². The van der Waals surface area contributed by atoms with Crippen LogP contribution in [0.15, 0.2) is 0 Å². The van der Waals surface area contributed by atoms with Crippen molar-refractivity contribution >= 4 is 16.8 Å². The van der Waals surface area contributed by atoms with Crippen LogP contribution >= 0.6 is 8.46 Å². The summed E-state index contributed by atoms with van der Waals surface area (Å²) in [4.78, 5) is 0. The average Bonchev–Trinajstić information content (AvgIpc) is 1.59. The SMILES string of the molecule is C[Si](C)(C)OC[PH+]=O. The van der Waals surface area contributed by atoms with Gasteiger partial charge in [0.2, 0.25) is 6.35 Å². The molecule has 0 rings (SSSR count). The molecule has 1 unspecified atom stereocenters. The Bertz CT molecular complexity index is 78.6. The fourth-order valence-corrected chi connectivity index (χ4v) is 2.21. The Morgan fingerprint density at radius 2 is 2.00 bits per heavy atom. The van der Waals surface area contributed by atoms with Gasteiger partial charge in [-0.3, -0.25) is 0 Å². The van der Waals surface area contributed by atoms with Gasteiger partial charge in [0.25, 0.3) is 0 Å². The van der Waals surface area contributed by atoms with E-state index in [0.717, 1.165) is 0 Å². The topological polar surface area (TPSA) is 26.3 Å². The molecule has 1 atom stereocenters. The van der Waals surface area contributed by atoms with Crippen LogP contribution in [0.2, 0.25) is 19.6 Å². The minimum atomic E-state index is -1.37. The van der Waals surface area contributed by atoms with Crippen molar-refractivity contribution in [2.75, 3.05) is 6.35 Å². The number of hydrogen-bond donors (Lipinski definition) is 0. The largest absolute Gasteiger partial charge is 0.379 e. The first-order valence-electron chi connectivity index (χ1n) is 2.55. The third-order valence-electron chi connectivity index (χ3n) is 0.564. The normalized spacial score (nSPS) is 12.4. The standard InChI is InChI=1S/C4H11O2PSi/c1-8(2,3)6-4-7-5/h4H2,1-3H3/p+1. The fourth-order valence-electron chi connectivity index (χ4n) is 0.246. The third kappa shape index (κ3) is 6.28. The van der Waals surface area contributed by atoms with Crippen LogP contribution in [-0.2, 0) is 8.99 Å². The second kappa shape index (κ2) is 3.33. The van der Waals surface area contributed by atoms with E-state index in [-0.39, 0.29) is 8.46 Å². The molecule has 0 spiro atoms. The van der Waals surface area contributed by atoms with E-state index in [9.17, 15) is 4.57 Å². The van der Waals surface area contributed by atoms with Crippen LogP contribution in [0, 0.1) is 0 Å². The van der Waals surface area contributed by atoms with E-state index in [4.69, 9.17) is 4.43 Å². The second-order valence-corrected chi connectivity index (χ2v) is 7.64. The Morgan fingerprint density at radius 1 is 1.50 bits per heavy atom. The first kappa shape index (κ1) is 8.28. The fraction of sp³-hybridized carbons (Fsp3) is 1.00. The lowest BCUT2D eigenvalue weighted by atomic mass is 11.7. The molecule has 0 aliphatic carbocycles. The quantitative estimate of drug-likeness (QED) is 0.454. The highest BCUT2D eigenvalue weighted by Crippen LogP contribution is 2.05. The van der Waals surface area contributed by atoms with Gasteiger partial charge in [0.15, 0.2) is 8.32 Å². The average molecular weight is 151 g/mol. The minimum absolute atomic E-state index is 0.306. The van der Waals surface area contributed by atoms with Gasteiger partial charge < -0.3 is 4.43 Å². The molecule has 8 heavy (non-hydrogen) atoms. The Labute approximate surface area is 52.6 Å². The maximum Gasteiger partial charge on any atom is 0.352 e. The Kier molecular flexibility index (Phi) is 3.45. The van der Waals surface area contributed by atoms with Crippen LogP contribution in [0.25, 0.3) is 0 Å². The van der Waals surface area contributed by atoms with E-state index in [1.807, 2.05) is 0 Å². The highest BCUT2D eigenvalue weighted by molar-refractivity contribution is 7.23. The lowest BCUT2D eigenvalue weighted by Crippen LogP contribution is -2.24. The minimum Gasteiger partial charge on any atom is -0.379 e. The van der Waals surface area contributed by atoms with Crippen LogP contribution in [-0.4, -0.2) is 14.7 Å². The van der Waals surface area contributed by atoms with Crippen molar-refractivity contribution in [2.45, 2.75) is 19.6 Å². The van der Waals surface area contributed by atoms with Gasteiger partial charge in [-0.1, -0.05) is 4.57 Å². The molecule has 48 valence electrons. The van der Waals surface area contributed by atoms with Gasteiger partial charge in [-0.15, -0.1) is 0 Å². The lowest BCUT2D eigenvalue weighted by molar-refractivity contribution is 0.379. The Balaban J connectivity index is 3.24. The van der Waals surface area contributed by atoms with Crippen molar-refractivity contribution in [3.05, 3.63) is 0 Å². The molecule has 0 heterocycles. The Hall–Kier alpha value is 0.277. The number of rotatable bonds is 3. The molecule has 2 nitrogen and oxygen atoms in total. The molecule has 0 aromatic carbocycles. The van der Waals surface area contributed by atoms with Gasteiger partial charge in [-0.2, -0.15) is 0 Å². The zero-order chi connectivity index (χ0) is 6.62. The molecule has 0 aromatic heterocycles. The molecule has 0 bridgehead atoms. The predicted octanol–water partition coefficient (Wildman–Crippen LogP) is 1.82. The summed E-state index contributed by atoms with van der Waals surface area (Å²) in [5, 5.41) is 0. The summed E-state index contributed by atoms with van der Waals surface area (Å²) >= 11 is 0.